The summed E-state index contributed by atoms with van der Waals surface area (Å²) in [4.78, 5) is 0. The number of hydrogen-bond acceptors (Lipinski definition) is 2. The lowest BCUT2D eigenvalue weighted by atomic mass is 10.00. The third kappa shape index (κ3) is 4.36. The molecular formula is C16H22ClN3. The highest BCUT2D eigenvalue weighted by Gasteiger charge is 2.11. The molecule has 0 radical (unpaired) electrons. The van der Waals surface area contributed by atoms with Crippen LogP contribution in [0.1, 0.15) is 36.9 Å². The SMILES string of the molecule is CCCNC(CCc1cnn(C)c1)c1cccc(Cl)c1. The average Bonchev–Trinajstić information content (AvgIpc) is 2.85. The molecular weight excluding hydrogens is 270 g/mol. The molecule has 1 heterocycles. The molecule has 2 rings (SSSR count). The molecule has 20 heavy (non-hydrogen) atoms. The van der Waals surface area contributed by atoms with E-state index in [1.165, 1.54) is 11.1 Å². The molecule has 4 heteroatoms. The summed E-state index contributed by atoms with van der Waals surface area (Å²) in [6, 6.07) is 8.47. The second kappa shape index (κ2) is 7.46. The molecule has 2 aromatic rings. The largest absolute Gasteiger partial charge is 0.310 e. The van der Waals surface area contributed by atoms with Crippen LogP contribution in [0.25, 0.3) is 0 Å². The van der Waals surface area contributed by atoms with Crippen molar-refractivity contribution in [3.8, 4) is 0 Å². The lowest BCUT2D eigenvalue weighted by Gasteiger charge is -2.19. The van der Waals surface area contributed by atoms with Crippen LogP contribution in [-0.2, 0) is 13.5 Å². The van der Waals surface area contributed by atoms with E-state index in [4.69, 9.17) is 11.6 Å². The first-order chi connectivity index (χ1) is 9.69. The Kier molecular flexibility index (Phi) is 5.62. The van der Waals surface area contributed by atoms with Crippen molar-refractivity contribution in [1.82, 2.24) is 15.1 Å². The Morgan fingerprint density at radius 1 is 1.40 bits per heavy atom. The zero-order valence-electron chi connectivity index (χ0n) is 12.1. The summed E-state index contributed by atoms with van der Waals surface area (Å²) in [5, 5.41) is 8.62. The van der Waals surface area contributed by atoms with Crippen LogP contribution >= 0.6 is 11.6 Å². The van der Waals surface area contributed by atoms with Crippen LogP contribution in [0, 0.1) is 0 Å². The number of aromatic nitrogens is 2. The van der Waals surface area contributed by atoms with Gasteiger partial charge in [-0.3, -0.25) is 4.68 Å². The second-order valence-electron chi connectivity index (χ2n) is 5.12. The monoisotopic (exact) mass is 291 g/mol. The van der Waals surface area contributed by atoms with Crippen molar-refractivity contribution in [1.29, 1.82) is 0 Å². The molecule has 3 nitrogen and oxygen atoms in total. The maximum Gasteiger partial charge on any atom is 0.0521 e. The van der Waals surface area contributed by atoms with Gasteiger partial charge in [0.15, 0.2) is 0 Å². The van der Waals surface area contributed by atoms with Gasteiger partial charge >= 0.3 is 0 Å². The maximum absolute atomic E-state index is 6.10. The summed E-state index contributed by atoms with van der Waals surface area (Å²) >= 11 is 6.10. The van der Waals surface area contributed by atoms with Crippen LogP contribution in [-0.4, -0.2) is 16.3 Å². The fourth-order valence-corrected chi connectivity index (χ4v) is 2.54. The number of rotatable bonds is 7. The first-order valence-corrected chi connectivity index (χ1v) is 7.53. The molecule has 0 saturated carbocycles. The molecule has 0 aliphatic rings. The van der Waals surface area contributed by atoms with E-state index in [0.29, 0.717) is 6.04 Å². The van der Waals surface area contributed by atoms with Crippen molar-refractivity contribution in [2.24, 2.45) is 7.05 Å². The standard InChI is InChI=1S/C16H22ClN3/c1-3-9-18-16(14-5-4-6-15(17)10-14)8-7-13-11-19-20(2)12-13/h4-6,10-12,16,18H,3,7-9H2,1-2H3. The number of hydrogen-bond donors (Lipinski definition) is 1. The number of aryl methyl sites for hydroxylation is 2. The Morgan fingerprint density at radius 3 is 2.90 bits per heavy atom. The molecule has 0 aliphatic heterocycles. The van der Waals surface area contributed by atoms with E-state index in [1.807, 2.05) is 30.1 Å². The molecule has 0 bridgehead atoms. The highest BCUT2D eigenvalue weighted by Crippen LogP contribution is 2.22. The molecule has 1 atom stereocenters. The first kappa shape index (κ1) is 15.1. The Bertz CT molecular complexity index is 536. The molecule has 0 aliphatic carbocycles. The Labute approximate surface area is 126 Å². The van der Waals surface area contributed by atoms with Crippen LogP contribution in [0.15, 0.2) is 36.7 Å². The predicted octanol–water partition coefficient (Wildman–Crippen LogP) is 3.75. The van der Waals surface area contributed by atoms with E-state index in [-0.39, 0.29) is 0 Å². The summed E-state index contributed by atoms with van der Waals surface area (Å²) in [5.41, 5.74) is 2.53. The van der Waals surface area contributed by atoms with Crippen LogP contribution in [0.4, 0.5) is 0 Å². The number of nitrogens with zero attached hydrogens (tertiary/aromatic N) is 2. The maximum atomic E-state index is 6.10. The van der Waals surface area contributed by atoms with Gasteiger partial charge in [0.25, 0.3) is 0 Å². The van der Waals surface area contributed by atoms with Crippen molar-refractivity contribution in [2.75, 3.05) is 6.54 Å². The first-order valence-electron chi connectivity index (χ1n) is 7.15. The van der Waals surface area contributed by atoms with Crippen LogP contribution in [0.3, 0.4) is 0 Å². The molecule has 0 saturated heterocycles. The van der Waals surface area contributed by atoms with Gasteiger partial charge in [-0.15, -0.1) is 0 Å². The van der Waals surface area contributed by atoms with Crippen molar-refractivity contribution >= 4 is 11.6 Å². The molecule has 108 valence electrons. The van der Waals surface area contributed by atoms with Crippen LogP contribution < -0.4 is 5.32 Å². The van der Waals surface area contributed by atoms with E-state index < -0.39 is 0 Å². The Balaban J connectivity index is 2.03. The molecule has 1 unspecified atom stereocenters. The zero-order chi connectivity index (χ0) is 14.4. The minimum absolute atomic E-state index is 0.342. The van der Waals surface area contributed by atoms with Gasteiger partial charge < -0.3 is 5.32 Å². The van der Waals surface area contributed by atoms with Crippen molar-refractivity contribution < 1.29 is 0 Å². The van der Waals surface area contributed by atoms with Crippen LogP contribution in [0.2, 0.25) is 5.02 Å². The Morgan fingerprint density at radius 2 is 2.25 bits per heavy atom. The lowest BCUT2D eigenvalue weighted by molar-refractivity contribution is 0.499. The van der Waals surface area contributed by atoms with Crippen LogP contribution in [0.5, 0.6) is 0 Å². The second-order valence-corrected chi connectivity index (χ2v) is 5.56. The number of benzene rings is 1. The van der Waals surface area contributed by atoms with Crippen molar-refractivity contribution in [2.45, 2.75) is 32.2 Å². The highest BCUT2D eigenvalue weighted by atomic mass is 35.5. The summed E-state index contributed by atoms with van der Waals surface area (Å²) in [6.45, 7) is 3.20. The summed E-state index contributed by atoms with van der Waals surface area (Å²) in [6.07, 6.45) is 7.21. The molecule has 0 amide bonds. The van der Waals surface area contributed by atoms with E-state index >= 15 is 0 Å². The normalized spacial score (nSPS) is 12.6. The number of nitrogens with one attached hydrogen (secondary N) is 1. The third-order valence-electron chi connectivity index (χ3n) is 3.37. The van der Waals surface area contributed by atoms with Gasteiger partial charge in [-0.2, -0.15) is 5.10 Å². The molecule has 1 aromatic heterocycles. The highest BCUT2D eigenvalue weighted by molar-refractivity contribution is 6.30. The van der Waals surface area contributed by atoms with E-state index in [2.05, 4.69) is 35.7 Å². The average molecular weight is 292 g/mol. The van der Waals surface area contributed by atoms with Gasteiger partial charge in [-0.05, 0) is 49.1 Å². The molecule has 0 fully saturated rings. The smallest absolute Gasteiger partial charge is 0.0521 e. The van der Waals surface area contributed by atoms with Crippen molar-refractivity contribution in [3.63, 3.8) is 0 Å². The van der Waals surface area contributed by atoms with E-state index in [9.17, 15) is 0 Å². The fourth-order valence-electron chi connectivity index (χ4n) is 2.34. The predicted molar refractivity (Wildman–Crippen MR) is 84.0 cm³/mol. The van der Waals surface area contributed by atoms with Gasteiger partial charge in [0.2, 0.25) is 0 Å². The summed E-state index contributed by atoms with van der Waals surface area (Å²) in [5.74, 6) is 0. The van der Waals surface area contributed by atoms with Crippen molar-refractivity contribution in [3.05, 3.63) is 52.8 Å². The zero-order valence-corrected chi connectivity index (χ0v) is 12.9. The molecule has 1 aromatic carbocycles. The summed E-state index contributed by atoms with van der Waals surface area (Å²) in [7, 11) is 1.95. The van der Waals surface area contributed by atoms with Gasteiger partial charge in [0, 0.05) is 24.3 Å². The summed E-state index contributed by atoms with van der Waals surface area (Å²) < 4.78 is 1.85. The van der Waals surface area contributed by atoms with Gasteiger partial charge in [-0.25, -0.2) is 0 Å². The lowest BCUT2D eigenvalue weighted by Crippen LogP contribution is -2.22. The van der Waals surface area contributed by atoms with Gasteiger partial charge in [0.05, 0.1) is 6.20 Å². The quantitative estimate of drug-likeness (QED) is 0.842. The number of halogens is 1. The minimum atomic E-state index is 0.342. The minimum Gasteiger partial charge on any atom is -0.310 e. The van der Waals surface area contributed by atoms with Gasteiger partial charge in [0.1, 0.15) is 0 Å². The third-order valence-corrected chi connectivity index (χ3v) is 3.61. The molecule has 1 N–H and O–H groups in total. The van der Waals surface area contributed by atoms with E-state index in [1.54, 1.807) is 0 Å². The van der Waals surface area contributed by atoms with E-state index in [0.717, 1.165) is 30.8 Å². The fraction of sp³-hybridized carbons (Fsp3) is 0.438. The Hall–Kier alpha value is -1.32. The topological polar surface area (TPSA) is 29.9 Å². The van der Waals surface area contributed by atoms with Gasteiger partial charge in [-0.1, -0.05) is 30.7 Å². The molecule has 0 spiro atoms.